The van der Waals surface area contributed by atoms with E-state index < -0.39 is 11.9 Å². The molecule has 0 fully saturated rings. The molecule has 0 spiro atoms. The molecule has 1 aromatic rings. The zero-order valence-electron chi connectivity index (χ0n) is 11.1. The van der Waals surface area contributed by atoms with Gasteiger partial charge in [0.2, 0.25) is 0 Å². The van der Waals surface area contributed by atoms with E-state index in [0.29, 0.717) is 16.4 Å². The fourth-order valence-corrected chi connectivity index (χ4v) is 2.52. The van der Waals surface area contributed by atoms with Gasteiger partial charge in [0.1, 0.15) is 5.75 Å². The summed E-state index contributed by atoms with van der Waals surface area (Å²) in [6.45, 7) is 0. The highest BCUT2D eigenvalue weighted by Gasteiger charge is 2.22. The molecule has 1 aromatic carbocycles. The summed E-state index contributed by atoms with van der Waals surface area (Å²) in [6, 6.07) is 7.52. The Bertz CT molecular complexity index is 590. The van der Waals surface area contributed by atoms with Crippen molar-refractivity contribution >= 4 is 28.7 Å². The molecule has 1 aliphatic heterocycles. The van der Waals surface area contributed by atoms with Crippen molar-refractivity contribution in [3.05, 3.63) is 40.8 Å². The van der Waals surface area contributed by atoms with Crippen LogP contribution in [0.1, 0.15) is 5.56 Å². The molecule has 2 rings (SSSR count). The predicted molar refractivity (Wildman–Crippen MR) is 76.8 cm³/mol. The van der Waals surface area contributed by atoms with Crippen LogP contribution in [0.15, 0.2) is 40.2 Å². The third kappa shape index (κ3) is 3.48. The van der Waals surface area contributed by atoms with E-state index in [-0.39, 0.29) is 0 Å². The van der Waals surface area contributed by atoms with E-state index in [0.717, 1.165) is 17.4 Å². The molecular formula is C14H13NO4S. The summed E-state index contributed by atoms with van der Waals surface area (Å²) in [5.74, 6) is -0.178. The van der Waals surface area contributed by atoms with Crippen molar-refractivity contribution in [3.8, 4) is 5.75 Å². The molecule has 0 unspecified atom stereocenters. The summed E-state index contributed by atoms with van der Waals surface area (Å²) in [5.41, 5.74) is 1.02. The summed E-state index contributed by atoms with van der Waals surface area (Å²) in [6.07, 6.45) is 1.70. The molecule has 20 heavy (non-hydrogen) atoms. The van der Waals surface area contributed by atoms with Crippen molar-refractivity contribution < 1.29 is 19.1 Å². The van der Waals surface area contributed by atoms with E-state index in [2.05, 4.69) is 9.73 Å². The number of carbonyl (C=O) groups is 2. The average Bonchev–Trinajstić information content (AvgIpc) is 2.79. The minimum atomic E-state index is -0.554. The van der Waals surface area contributed by atoms with Gasteiger partial charge in [0.05, 0.1) is 24.2 Å². The van der Waals surface area contributed by atoms with Crippen molar-refractivity contribution in [2.24, 2.45) is 4.99 Å². The lowest BCUT2D eigenvalue weighted by atomic mass is 10.1. The molecule has 1 aliphatic rings. The number of ether oxygens (including phenoxy) is 2. The monoisotopic (exact) mass is 291 g/mol. The summed E-state index contributed by atoms with van der Waals surface area (Å²) >= 11 is 1.20. The van der Waals surface area contributed by atoms with Gasteiger partial charge in [-0.15, -0.1) is 0 Å². The van der Waals surface area contributed by atoms with Crippen molar-refractivity contribution in [1.29, 1.82) is 0 Å². The topological polar surface area (TPSA) is 65.0 Å². The SMILES string of the molecule is COC(=O)C=C1SC(Cc2ccc(OC)cc2)=NC1=O. The molecule has 6 heteroatoms. The molecular weight excluding hydrogens is 278 g/mol. The Morgan fingerprint density at radius 3 is 2.60 bits per heavy atom. The van der Waals surface area contributed by atoms with Gasteiger partial charge in [0.15, 0.2) is 0 Å². The van der Waals surface area contributed by atoms with Gasteiger partial charge < -0.3 is 9.47 Å². The van der Waals surface area contributed by atoms with Gasteiger partial charge in [0, 0.05) is 12.5 Å². The predicted octanol–water partition coefficient (Wildman–Crippen LogP) is 1.97. The van der Waals surface area contributed by atoms with Crippen molar-refractivity contribution in [2.75, 3.05) is 14.2 Å². The zero-order chi connectivity index (χ0) is 14.5. The van der Waals surface area contributed by atoms with Gasteiger partial charge in [0.25, 0.3) is 5.91 Å². The third-order valence-electron chi connectivity index (χ3n) is 2.63. The molecule has 0 atom stereocenters. The van der Waals surface area contributed by atoms with E-state index in [1.807, 2.05) is 24.3 Å². The highest BCUT2D eigenvalue weighted by molar-refractivity contribution is 8.18. The maximum atomic E-state index is 11.6. The van der Waals surface area contributed by atoms with Crippen LogP contribution < -0.4 is 4.74 Å². The normalized spacial score (nSPS) is 16.2. The van der Waals surface area contributed by atoms with Gasteiger partial charge in [-0.3, -0.25) is 4.79 Å². The zero-order valence-corrected chi connectivity index (χ0v) is 11.9. The maximum absolute atomic E-state index is 11.6. The van der Waals surface area contributed by atoms with Crippen molar-refractivity contribution in [3.63, 3.8) is 0 Å². The summed E-state index contributed by atoms with van der Waals surface area (Å²) in [7, 11) is 2.87. The summed E-state index contributed by atoms with van der Waals surface area (Å²) in [5, 5.41) is 0.662. The number of rotatable bonds is 4. The number of hydrogen-bond acceptors (Lipinski definition) is 5. The number of amides is 1. The standard InChI is InChI=1S/C14H13NO4S/c1-18-10-5-3-9(4-6-10)7-12-15-14(17)11(20-12)8-13(16)19-2/h3-6,8H,7H2,1-2H3. The number of esters is 1. The van der Waals surface area contributed by atoms with Gasteiger partial charge in [-0.05, 0) is 17.7 Å². The Balaban J connectivity index is 2.04. The number of hydrogen-bond donors (Lipinski definition) is 0. The Labute approximate surface area is 120 Å². The summed E-state index contributed by atoms with van der Waals surface area (Å²) < 4.78 is 9.57. The number of methoxy groups -OCH3 is 2. The molecule has 104 valence electrons. The Morgan fingerprint density at radius 2 is 2.00 bits per heavy atom. The van der Waals surface area contributed by atoms with Crippen LogP contribution in [0, 0.1) is 0 Å². The largest absolute Gasteiger partial charge is 0.497 e. The maximum Gasteiger partial charge on any atom is 0.331 e. The Morgan fingerprint density at radius 1 is 1.30 bits per heavy atom. The lowest BCUT2D eigenvalue weighted by Gasteiger charge is -2.02. The van der Waals surface area contributed by atoms with E-state index in [1.165, 1.54) is 18.9 Å². The van der Waals surface area contributed by atoms with Crippen LogP contribution in [0.25, 0.3) is 0 Å². The van der Waals surface area contributed by atoms with E-state index in [9.17, 15) is 9.59 Å². The first kappa shape index (κ1) is 14.3. The number of nitrogens with zero attached hydrogens (tertiary/aromatic N) is 1. The second-order valence-electron chi connectivity index (χ2n) is 3.97. The molecule has 0 radical (unpaired) electrons. The van der Waals surface area contributed by atoms with Gasteiger partial charge in [-0.1, -0.05) is 23.9 Å². The number of thioether (sulfide) groups is 1. The van der Waals surface area contributed by atoms with Crippen molar-refractivity contribution in [2.45, 2.75) is 6.42 Å². The first-order chi connectivity index (χ1) is 9.62. The number of benzene rings is 1. The molecule has 0 bridgehead atoms. The highest BCUT2D eigenvalue weighted by Crippen LogP contribution is 2.28. The van der Waals surface area contributed by atoms with Gasteiger partial charge in [-0.25, -0.2) is 9.79 Å². The molecule has 5 nitrogen and oxygen atoms in total. The van der Waals surface area contributed by atoms with Crippen LogP contribution in [0.2, 0.25) is 0 Å². The first-order valence-corrected chi connectivity index (χ1v) is 6.66. The van der Waals surface area contributed by atoms with E-state index >= 15 is 0 Å². The van der Waals surface area contributed by atoms with Crippen LogP contribution in [-0.2, 0) is 20.7 Å². The average molecular weight is 291 g/mol. The molecule has 0 saturated heterocycles. The van der Waals surface area contributed by atoms with Crippen LogP contribution in [-0.4, -0.2) is 31.1 Å². The fraction of sp³-hybridized carbons (Fsp3) is 0.214. The molecule has 1 heterocycles. The number of carbonyl (C=O) groups excluding carboxylic acids is 2. The van der Waals surface area contributed by atoms with Gasteiger partial charge in [-0.2, -0.15) is 0 Å². The third-order valence-corrected chi connectivity index (χ3v) is 3.61. The minimum absolute atomic E-state index is 0.292. The van der Waals surface area contributed by atoms with Crippen LogP contribution in [0.3, 0.4) is 0 Å². The fourth-order valence-electron chi connectivity index (χ4n) is 1.61. The quantitative estimate of drug-likeness (QED) is 0.627. The second-order valence-corrected chi connectivity index (χ2v) is 5.08. The molecule has 0 aliphatic carbocycles. The first-order valence-electron chi connectivity index (χ1n) is 5.84. The van der Waals surface area contributed by atoms with E-state index in [4.69, 9.17) is 4.74 Å². The van der Waals surface area contributed by atoms with Crippen molar-refractivity contribution in [1.82, 2.24) is 0 Å². The van der Waals surface area contributed by atoms with Gasteiger partial charge >= 0.3 is 5.97 Å². The summed E-state index contributed by atoms with van der Waals surface area (Å²) in [4.78, 5) is 27.0. The van der Waals surface area contributed by atoms with Crippen LogP contribution in [0.5, 0.6) is 5.75 Å². The highest BCUT2D eigenvalue weighted by atomic mass is 32.2. The smallest absolute Gasteiger partial charge is 0.331 e. The van der Waals surface area contributed by atoms with Crippen LogP contribution in [0.4, 0.5) is 0 Å². The van der Waals surface area contributed by atoms with Crippen LogP contribution >= 0.6 is 11.8 Å². The Hall–Kier alpha value is -2.08. The molecule has 0 saturated carbocycles. The Kier molecular flexibility index (Phi) is 4.57. The molecule has 0 N–H and O–H groups in total. The lowest BCUT2D eigenvalue weighted by molar-refractivity contribution is -0.135. The minimum Gasteiger partial charge on any atom is -0.497 e. The second kappa shape index (κ2) is 6.38. The molecule has 1 amide bonds. The molecule has 0 aromatic heterocycles. The number of aliphatic imine (C=N–C) groups is 1. The van der Waals surface area contributed by atoms with E-state index in [1.54, 1.807) is 7.11 Å². The lowest BCUT2D eigenvalue weighted by Crippen LogP contribution is -1.98.